The van der Waals surface area contributed by atoms with E-state index in [-0.39, 0.29) is 11.8 Å². The largest absolute Gasteiger partial charge is 0.405 e. The highest BCUT2D eigenvalue weighted by Gasteiger charge is 2.25. The zero-order valence-corrected chi connectivity index (χ0v) is 10.7. The molecule has 0 spiro atoms. The van der Waals surface area contributed by atoms with Crippen LogP contribution in [-0.4, -0.2) is 5.91 Å². The van der Waals surface area contributed by atoms with Gasteiger partial charge in [-0.25, -0.2) is 4.79 Å². The average Bonchev–Trinajstić information content (AvgIpc) is 2.79. The van der Waals surface area contributed by atoms with E-state index in [0.29, 0.717) is 23.4 Å². The van der Waals surface area contributed by atoms with Crippen LogP contribution in [0.15, 0.2) is 44.5 Å². The monoisotopic (exact) mass is 274 g/mol. The van der Waals surface area contributed by atoms with Gasteiger partial charge >= 0.3 is 5.63 Å². The van der Waals surface area contributed by atoms with Crippen molar-refractivity contribution in [2.45, 2.75) is 6.42 Å². The van der Waals surface area contributed by atoms with Gasteiger partial charge in [0, 0.05) is 6.07 Å². The molecule has 2 aromatic heterocycles. The molecule has 0 aliphatic carbocycles. The Morgan fingerprint density at radius 1 is 1.32 bits per heavy atom. The topological polar surface area (TPSA) is 71.3 Å². The van der Waals surface area contributed by atoms with Crippen LogP contribution >= 0.6 is 11.3 Å². The summed E-state index contributed by atoms with van der Waals surface area (Å²) in [5.74, 6) is 0.146. The molecular formula is C13H10N2O3S. The minimum atomic E-state index is -0.487. The molecule has 0 unspecified atom stereocenters. The molecule has 0 atom stereocenters. The smallest absolute Gasteiger partial charge is 0.337 e. The van der Waals surface area contributed by atoms with E-state index in [0.717, 1.165) is 5.56 Å². The Bertz CT molecular complexity index is 716. The summed E-state index contributed by atoms with van der Waals surface area (Å²) in [6, 6.07) is 3.31. The second-order valence-electron chi connectivity index (χ2n) is 4.16. The first-order valence-electron chi connectivity index (χ1n) is 5.59. The molecule has 2 aromatic rings. The molecule has 0 radical (unpaired) electrons. The molecule has 96 valence electrons. The Kier molecular flexibility index (Phi) is 2.72. The predicted molar refractivity (Wildman–Crippen MR) is 72.3 cm³/mol. The fourth-order valence-electron chi connectivity index (χ4n) is 2.00. The van der Waals surface area contributed by atoms with E-state index in [1.807, 2.05) is 16.8 Å². The van der Waals surface area contributed by atoms with Crippen LogP contribution in [0.3, 0.4) is 0 Å². The normalized spacial score (nSPS) is 13.7. The van der Waals surface area contributed by atoms with E-state index in [9.17, 15) is 9.59 Å². The van der Waals surface area contributed by atoms with Crippen molar-refractivity contribution >= 4 is 23.1 Å². The molecule has 5 nitrogen and oxygen atoms in total. The first kappa shape index (κ1) is 11.7. The van der Waals surface area contributed by atoms with Crippen molar-refractivity contribution < 1.29 is 9.21 Å². The lowest BCUT2D eigenvalue weighted by Crippen LogP contribution is -2.34. The number of hydrogen-bond donors (Lipinski definition) is 2. The quantitative estimate of drug-likeness (QED) is 0.877. The van der Waals surface area contributed by atoms with E-state index < -0.39 is 5.63 Å². The molecular weight excluding hydrogens is 264 g/mol. The number of fused-ring (bicyclic) bond motifs is 1. The van der Waals surface area contributed by atoms with Gasteiger partial charge in [-0.05, 0) is 34.4 Å². The van der Waals surface area contributed by atoms with Crippen LogP contribution < -0.4 is 16.3 Å². The highest BCUT2D eigenvalue weighted by atomic mass is 32.1. The van der Waals surface area contributed by atoms with Gasteiger partial charge in [-0.2, -0.15) is 11.3 Å². The third kappa shape index (κ3) is 2.17. The van der Waals surface area contributed by atoms with Crippen molar-refractivity contribution in [1.82, 2.24) is 5.32 Å². The number of amides is 1. The summed E-state index contributed by atoms with van der Waals surface area (Å²) in [5, 5.41) is 9.26. The second-order valence-corrected chi connectivity index (χ2v) is 4.94. The van der Waals surface area contributed by atoms with Crippen molar-refractivity contribution in [3.63, 3.8) is 0 Å². The van der Waals surface area contributed by atoms with Crippen LogP contribution in [0.5, 0.6) is 0 Å². The number of carbonyl (C=O) groups excluding carboxylic acids is 1. The number of hydrogen-bond acceptors (Lipinski definition) is 5. The van der Waals surface area contributed by atoms with Gasteiger partial charge in [-0.15, -0.1) is 0 Å². The SMILES string of the molecule is C=C1NC(=O)c2c(Cc3ccsc3)cc(=O)oc2N1. The number of anilines is 1. The molecule has 0 bridgehead atoms. The summed E-state index contributed by atoms with van der Waals surface area (Å²) >= 11 is 1.57. The maximum atomic E-state index is 12.0. The minimum absolute atomic E-state index is 0.159. The first-order chi connectivity index (χ1) is 9.13. The maximum Gasteiger partial charge on any atom is 0.337 e. The van der Waals surface area contributed by atoms with Crippen LogP contribution in [0.1, 0.15) is 21.5 Å². The number of thiophene rings is 1. The fraction of sp³-hybridized carbons (Fsp3) is 0.0769. The van der Waals surface area contributed by atoms with Crippen molar-refractivity contribution in [3.8, 4) is 0 Å². The molecule has 1 amide bonds. The van der Waals surface area contributed by atoms with Gasteiger partial charge < -0.3 is 15.1 Å². The summed E-state index contributed by atoms with van der Waals surface area (Å²) in [7, 11) is 0. The predicted octanol–water partition coefficient (Wildman–Crippen LogP) is 1.92. The molecule has 3 heterocycles. The molecule has 1 aliphatic heterocycles. The molecule has 6 heteroatoms. The number of nitrogens with one attached hydrogen (secondary N) is 2. The third-order valence-electron chi connectivity index (χ3n) is 2.77. The average molecular weight is 274 g/mol. The Hall–Kier alpha value is -2.34. The van der Waals surface area contributed by atoms with Crippen LogP contribution in [-0.2, 0) is 6.42 Å². The highest BCUT2D eigenvalue weighted by molar-refractivity contribution is 7.07. The number of carbonyl (C=O) groups is 1. The van der Waals surface area contributed by atoms with Gasteiger partial charge in [0.2, 0.25) is 5.88 Å². The molecule has 0 saturated carbocycles. The Morgan fingerprint density at radius 2 is 2.16 bits per heavy atom. The Labute approximate surface area is 112 Å². The van der Waals surface area contributed by atoms with Crippen LogP contribution in [0.25, 0.3) is 0 Å². The first-order valence-corrected chi connectivity index (χ1v) is 6.53. The Balaban J connectivity index is 2.12. The van der Waals surface area contributed by atoms with Gasteiger partial charge in [0.1, 0.15) is 11.4 Å². The van der Waals surface area contributed by atoms with Gasteiger partial charge in [-0.1, -0.05) is 6.58 Å². The van der Waals surface area contributed by atoms with E-state index in [4.69, 9.17) is 4.42 Å². The zero-order valence-electron chi connectivity index (χ0n) is 9.86. The zero-order chi connectivity index (χ0) is 13.4. The summed E-state index contributed by atoms with van der Waals surface area (Å²) < 4.78 is 5.01. The second kappa shape index (κ2) is 4.40. The van der Waals surface area contributed by atoms with Crippen molar-refractivity contribution in [1.29, 1.82) is 0 Å². The van der Waals surface area contributed by atoms with Gasteiger partial charge in [0.05, 0.1) is 0 Å². The summed E-state index contributed by atoms with van der Waals surface area (Å²) in [4.78, 5) is 23.5. The third-order valence-corrected chi connectivity index (χ3v) is 3.51. The van der Waals surface area contributed by atoms with Crippen LogP contribution in [0, 0.1) is 0 Å². The van der Waals surface area contributed by atoms with E-state index in [1.54, 1.807) is 11.3 Å². The van der Waals surface area contributed by atoms with Gasteiger partial charge in [0.25, 0.3) is 5.91 Å². The van der Waals surface area contributed by atoms with E-state index >= 15 is 0 Å². The van der Waals surface area contributed by atoms with Crippen molar-refractivity contribution in [3.05, 3.63) is 62.4 Å². The van der Waals surface area contributed by atoms with Gasteiger partial charge in [-0.3, -0.25) is 4.79 Å². The lowest BCUT2D eigenvalue weighted by atomic mass is 10.0. The van der Waals surface area contributed by atoms with Crippen LogP contribution in [0.4, 0.5) is 5.88 Å². The number of rotatable bonds is 2. The van der Waals surface area contributed by atoms with E-state index in [1.165, 1.54) is 6.07 Å². The summed E-state index contributed by atoms with van der Waals surface area (Å²) in [6.07, 6.45) is 0.513. The molecule has 2 N–H and O–H groups in total. The van der Waals surface area contributed by atoms with Crippen molar-refractivity contribution in [2.24, 2.45) is 0 Å². The molecule has 1 aliphatic rings. The molecule has 19 heavy (non-hydrogen) atoms. The minimum Gasteiger partial charge on any atom is -0.405 e. The standard InChI is InChI=1S/C13H10N2O3S/c1-7-14-12(17)11-9(4-8-2-3-19-6-8)5-10(16)18-13(11)15-7/h2-3,5-6,15H,1,4H2,(H,14,17). The molecule has 0 saturated heterocycles. The van der Waals surface area contributed by atoms with E-state index in [2.05, 4.69) is 17.2 Å². The van der Waals surface area contributed by atoms with Gasteiger partial charge in [0.15, 0.2) is 0 Å². The lowest BCUT2D eigenvalue weighted by molar-refractivity contribution is 0.0960. The van der Waals surface area contributed by atoms with Crippen LogP contribution in [0.2, 0.25) is 0 Å². The van der Waals surface area contributed by atoms with Crippen molar-refractivity contribution in [2.75, 3.05) is 5.32 Å². The summed E-state index contributed by atoms with van der Waals surface area (Å²) in [6.45, 7) is 3.60. The molecule has 0 fully saturated rings. The summed E-state index contributed by atoms with van der Waals surface area (Å²) in [5.41, 5.74) is 1.56. The fourth-order valence-corrected chi connectivity index (χ4v) is 2.67. The maximum absolute atomic E-state index is 12.0. The molecule has 0 aromatic carbocycles. The lowest BCUT2D eigenvalue weighted by Gasteiger charge is -2.20. The Morgan fingerprint density at radius 3 is 2.89 bits per heavy atom. The highest BCUT2D eigenvalue weighted by Crippen LogP contribution is 2.25. The molecule has 3 rings (SSSR count).